The molecule has 0 aromatic heterocycles. The van der Waals surface area contributed by atoms with E-state index in [1.54, 1.807) is 0 Å². The van der Waals surface area contributed by atoms with E-state index in [0.717, 1.165) is 5.56 Å². The monoisotopic (exact) mass is 291 g/mol. The highest BCUT2D eigenvalue weighted by atomic mass is 16.5. The summed E-state index contributed by atoms with van der Waals surface area (Å²) in [6, 6.07) is 9.80. The van der Waals surface area contributed by atoms with Gasteiger partial charge in [0.1, 0.15) is 6.54 Å². The van der Waals surface area contributed by atoms with Crippen molar-refractivity contribution in [2.24, 2.45) is 0 Å². The van der Waals surface area contributed by atoms with Crippen LogP contribution in [0.25, 0.3) is 6.08 Å². The van der Waals surface area contributed by atoms with Gasteiger partial charge in [0.15, 0.2) is 0 Å². The van der Waals surface area contributed by atoms with E-state index in [0.29, 0.717) is 26.0 Å². The zero-order valence-corrected chi connectivity index (χ0v) is 12.2. The molecule has 0 aliphatic rings. The number of ether oxygens (including phenoxy) is 1. The molecule has 0 radical (unpaired) electrons. The largest absolute Gasteiger partial charge is 0.480 e. The van der Waals surface area contributed by atoms with Crippen LogP contribution in [0.15, 0.2) is 36.4 Å². The zero-order valence-electron chi connectivity index (χ0n) is 12.2. The number of hydrogen-bond donors (Lipinski definition) is 1. The summed E-state index contributed by atoms with van der Waals surface area (Å²) in [5.41, 5.74) is 1.08. The number of rotatable bonds is 9. The lowest BCUT2D eigenvalue weighted by molar-refractivity contribution is -0.144. The van der Waals surface area contributed by atoms with Gasteiger partial charge in [0.05, 0.1) is 6.61 Å². The number of carboxylic acid groups (broad SMARTS) is 1. The van der Waals surface area contributed by atoms with Crippen molar-refractivity contribution in [3.8, 4) is 0 Å². The van der Waals surface area contributed by atoms with Crippen LogP contribution in [0.4, 0.5) is 0 Å². The van der Waals surface area contributed by atoms with E-state index in [1.807, 2.05) is 42.5 Å². The van der Waals surface area contributed by atoms with E-state index in [1.165, 1.54) is 12.0 Å². The average molecular weight is 291 g/mol. The van der Waals surface area contributed by atoms with Crippen molar-refractivity contribution in [1.82, 2.24) is 4.90 Å². The van der Waals surface area contributed by atoms with Gasteiger partial charge in [0, 0.05) is 20.1 Å². The Morgan fingerprint density at radius 2 is 2.00 bits per heavy atom. The first kappa shape index (κ1) is 16.9. The topological polar surface area (TPSA) is 66.8 Å². The van der Waals surface area contributed by atoms with Gasteiger partial charge in [-0.05, 0) is 12.0 Å². The van der Waals surface area contributed by atoms with Crippen LogP contribution in [0, 0.1) is 0 Å². The van der Waals surface area contributed by atoms with Crippen molar-refractivity contribution >= 4 is 18.0 Å². The summed E-state index contributed by atoms with van der Waals surface area (Å²) >= 11 is 0. The fourth-order valence-electron chi connectivity index (χ4n) is 1.81. The van der Waals surface area contributed by atoms with Gasteiger partial charge < -0.3 is 14.7 Å². The smallest absolute Gasteiger partial charge is 0.323 e. The third-order valence-electron chi connectivity index (χ3n) is 2.88. The summed E-state index contributed by atoms with van der Waals surface area (Å²) in [5, 5.41) is 8.80. The standard InChI is InChI=1S/C16H21NO4/c1-21-12-11-17(13-16(19)20)15(18)10-6-5-9-14-7-3-2-4-8-14/h2-5,7-9H,6,10-13H2,1H3,(H,19,20)/b9-5+. The molecule has 1 amide bonds. The summed E-state index contributed by atoms with van der Waals surface area (Å²) < 4.78 is 4.89. The SMILES string of the molecule is COCCN(CC(=O)O)C(=O)CC/C=C/c1ccccc1. The molecule has 1 aromatic carbocycles. The summed E-state index contributed by atoms with van der Waals surface area (Å²) in [6.07, 6.45) is 4.74. The molecule has 1 N–H and O–H groups in total. The maximum absolute atomic E-state index is 12.0. The van der Waals surface area contributed by atoms with Crippen LogP contribution >= 0.6 is 0 Å². The molecule has 0 saturated carbocycles. The van der Waals surface area contributed by atoms with Gasteiger partial charge in [0.2, 0.25) is 5.91 Å². The highest BCUT2D eigenvalue weighted by molar-refractivity contribution is 5.81. The molecule has 0 unspecified atom stereocenters. The van der Waals surface area contributed by atoms with Gasteiger partial charge in [-0.3, -0.25) is 9.59 Å². The van der Waals surface area contributed by atoms with E-state index in [2.05, 4.69) is 0 Å². The number of hydrogen-bond acceptors (Lipinski definition) is 3. The van der Waals surface area contributed by atoms with Gasteiger partial charge in [-0.15, -0.1) is 0 Å². The fourth-order valence-corrected chi connectivity index (χ4v) is 1.81. The van der Waals surface area contributed by atoms with Gasteiger partial charge in [-0.25, -0.2) is 0 Å². The highest BCUT2D eigenvalue weighted by Crippen LogP contribution is 2.04. The highest BCUT2D eigenvalue weighted by Gasteiger charge is 2.15. The lowest BCUT2D eigenvalue weighted by Crippen LogP contribution is -2.37. The number of nitrogens with zero attached hydrogens (tertiary/aromatic N) is 1. The van der Waals surface area contributed by atoms with Gasteiger partial charge in [-0.1, -0.05) is 42.5 Å². The minimum Gasteiger partial charge on any atom is -0.480 e. The Morgan fingerprint density at radius 1 is 1.29 bits per heavy atom. The second kappa shape index (κ2) is 9.72. The van der Waals surface area contributed by atoms with Crippen LogP contribution in [-0.4, -0.2) is 48.7 Å². The van der Waals surface area contributed by atoms with Crippen LogP contribution in [0.2, 0.25) is 0 Å². The summed E-state index contributed by atoms with van der Waals surface area (Å²) in [6.45, 7) is 0.341. The second-order valence-electron chi connectivity index (χ2n) is 4.55. The van der Waals surface area contributed by atoms with Gasteiger partial charge in [0.25, 0.3) is 0 Å². The Balaban J connectivity index is 2.42. The fraction of sp³-hybridized carbons (Fsp3) is 0.375. The third kappa shape index (κ3) is 7.27. The Kier molecular flexibility index (Phi) is 7.82. The number of aliphatic carboxylic acids is 1. The number of benzene rings is 1. The van der Waals surface area contributed by atoms with Crippen molar-refractivity contribution in [2.45, 2.75) is 12.8 Å². The molecule has 1 aromatic rings. The number of allylic oxidation sites excluding steroid dienone is 1. The van der Waals surface area contributed by atoms with E-state index in [9.17, 15) is 9.59 Å². The number of carbonyl (C=O) groups excluding carboxylic acids is 1. The Labute approximate surface area is 124 Å². The van der Waals surface area contributed by atoms with Gasteiger partial charge >= 0.3 is 5.97 Å². The quantitative estimate of drug-likeness (QED) is 0.756. The number of methoxy groups -OCH3 is 1. The van der Waals surface area contributed by atoms with E-state index in [4.69, 9.17) is 9.84 Å². The molecule has 0 bridgehead atoms. The number of amides is 1. The molecule has 0 fully saturated rings. The molecule has 0 saturated heterocycles. The summed E-state index contributed by atoms with van der Waals surface area (Å²) in [5.74, 6) is -1.19. The van der Waals surface area contributed by atoms with E-state index in [-0.39, 0.29) is 12.5 Å². The van der Waals surface area contributed by atoms with Crippen molar-refractivity contribution in [1.29, 1.82) is 0 Å². The first-order chi connectivity index (χ1) is 10.1. The Hall–Kier alpha value is -2.14. The first-order valence-electron chi connectivity index (χ1n) is 6.83. The molecule has 5 nitrogen and oxygen atoms in total. The molecule has 0 heterocycles. The molecule has 114 valence electrons. The third-order valence-corrected chi connectivity index (χ3v) is 2.88. The summed E-state index contributed by atoms with van der Waals surface area (Å²) in [7, 11) is 1.52. The molecule has 0 aliphatic heterocycles. The molecule has 1 rings (SSSR count). The van der Waals surface area contributed by atoms with Crippen molar-refractivity contribution in [2.75, 3.05) is 26.8 Å². The average Bonchev–Trinajstić information content (AvgIpc) is 2.48. The van der Waals surface area contributed by atoms with Crippen molar-refractivity contribution in [3.05, 3.63) is 42.0 Å². The van der Waals surface area contributed by atoms with E-state index < -0.39 is 5.97 Å². The molecule has 0 atom stereocenters. The molecule has 5 heteroatoms. The van der Waals surface area contributed by atoms with Crippen LogP contribution in [-0.2, 0) is 14.3 Å². The van der Waals surface area contributed by atoms with Crippen LogP contribution in [0.3, 0.4) is 0 Å². The molecular weight excluding hydrogens is 270 g/mol. The van der Waals surface area contributed by atoms with Crippen molar-refractivity contribution < 1.29 is 19.4 Å². The Bertz CT molecular complexity index is 470. The summed E-state index contributed by atoms with van der Waals surface area (Å²) in [4.78, 5) is 24.0. The van der Waals surface area contributed by atoms with Crippen LogP contribution in [0.1, 0.15) is 18.4 Å². The molecule has 21 heavy (non-hydrogen) atoms. The lowest BCUT2D eigenvalue weighted by Gasteiger charge is -2.19. The number of carbonyl (C=O) groups is 2. The Morgan fingerprint density at radius 3 is 2.62 bits per heavy atom. The van der Waals surface area contributed by atoms with E-state index >= 15 is 0 Å². The number of carboxylic acids is 1. The normalized spacial score (nSPS) is 10.7. The lowest BCUT2D eigenvalue weighted by atomic mass is 10.2. The predicted molar refractivity (Wildman–Crippen MR) is 80.8 cm³/mol. The molecule has 0 spiro atoms. The zero-order chi connectivity index (χ0) is 15.5. The maximum atomic E-state index is 12.0. The van der Waals surface area contributed by atoms with Crippen LogP contribution < -0.4 is 0 Å². The predicted octanol–water partition coefficient (Wildman–Crippen LogP) is 2.04. The first-order valence-corrected chi connectivity index (χ1v) is 6.83. The van der Waals surface area contributed by atoms with Crippen LogP contribution in [0.5, 0.6) is 0 Å². The minimum absolute atomic E-state index is 0.174. The second-order valence-corrected chi connectivity index (χ2v) is 4.55. The van der Waals surface area contributed by atoms with Gasteiger partial charge in [-0.2, -0.15) is 0 Å². The molecular formula is C16H21NO4. The minimum atomic E-state index is -1.01. The maximum Gasteiger partial charge on any atom is 0.323 e. The van der Waals surface area contributed by atoms with Crippen molar-refractivity contribution in [3.63, 3.8) is 0 Å². The molecule has 0 aliphatic carbocycles.